The van der Waals surface area contributed by atoms with Crippen molar-refractivity contribution in [2.75, 3.05) is 13.7 Å². The average molecular weight is 171 g/mol. The van der Waals surface area contributed by atoms with Crippen LogP contribution >= 0.6 is 0 Å². The minimum Gasteiger partial charge on any atom is -0.391 e. The van der Waals surface area contributed by atoms with Gasteiger partial charge in [0.2, 0.25) is 0 Å². The second-order valence-corrected chi connectivity index (χ2v) is 3.07. The Balaban J connectivity index is 3.98. The monoisotopic (exact) mass is 171 g/mol. The SMILES string of the molecule is CCC(C#N)C(O)C(C)COC. The molecular weight excluding hydrogens is 154 g/mol. The minimum absolute atomic E-state index is 0.0274. The van der Waals surface area contributed by atoms with Gasteiger partial charge in [0.1, 0.15) is 0 Å². The van der Waals surface area contributed by atoms with E-state index in [-0.39, 0.29) is 11.8 Å². The molecule has 12 heavy (non-hydrogen) atoms. The Kier molecular flexibility index (Phi) is 5.69. The molecule has 0 aliphatic heterocycles. The van der Waals surface area contributed by atoms with Gasteiger partial charge >= 0.3 is 0 Å². The number of nitrogens with zero attached hydrogens (tertiary/aromatic N) is 1. The fraction of sp³-hybridized carbons (Fsp3) is 0.889. The van der Waals surface area contributed by atoms with E-state index in [0.29, 0.717) is 13.0 Å². The highest BCUT2D eigenvalue weighted by Crippen LogP contribution is 2.15. The van der Waals surface area contributed by atoms with E-state index in [4.69, 9.17) is 10.00 Å². The van der Waals surface area contributed by atoms with Gasteiger partial charge in [-0.1, -0.05) is 13.8 Å². The molecule has 0 spiro atoms. The van der Waals surface area contributed by atoms with Crippen LogP contribution < -0.4 is 0 Å². The molecule has 0 saturated heterocycles. The van der Waals surface area contributed by atoms with E-state index in [2.05, 4.69) is 6.07 Å². The van der Waals surface area contributed by atoms with Gasteiger partial charge in [-0.15, -0.1) is 0 Å². The van der Waals surface area contributed by atoms with Gasteiger partial charge in [0.15, 0.2) is 0 Å². The molecule has 3 heteroatoms. The van der Waals surface area contributed by atoms with Gasteiger partial charge in [-0.05, 0) is 6.42 Å². The van der Waals surface area contributed by atoms with Crippen molar-refractivity contribution < 1.29 is 9.84 Å². The van der Waals surface area contributed by atoms with Crippen LogP contribution in [0.25, 0.3) is 0 Å². The second kappa shape index (κ2) is 5.99. The van der Waals surface area contributed by atoms with E-state index in [0.717, 1.165) is 0 Å². The van der Waals surface area contributed by atoms with E-state index < -0.39 is 6.10 Å². The molecule has 0 aliphatic carbocycles. The second-order valence-electron chi connectivity index (χ2n) is 3.07. The van der Waals surface area contributed by atoms with Crippen molar-refractivity contribution in [3.05, 3.63) is 0 Å². The van der Waals surface area contributed by atoms with Crippen molar-refractivity contribution >= 4 is 0 Å². The third-order valence-electron chi connectivity index (χ3n) is 2.03. The summed E-state index contributed by atoms with van der Waals surface area (Å²) >= 11 is 0. The van der Waals surface area contributed by atoms with Gasteiger partial charge < -0.3 is 9.84 Å². The molecular formula is C9H17NO2. The zero-order chi connectivity index (χ0) is 9.56. The number of rotatable bonds is 5. The van der Waals surface area contributed by atoms with Gasteiger partial charge in [-0.25, -0.2) is 0 Å². The lowest BCUT2D eigenvalue weighted by molar-refractivity contribution is 0.0325. The summed E-state index contributed by atoms with van der Waals surface area (Å²) in [7, 11) is 1.59. The smallest absolute Gasteiger partial charge is 0.0745 e. The van der Waals surface area contributed by atoms with Crippen molar-refractivity contribution in [3.8, 4) is 6.07 Å². The van der Waals surface area contributed by atoms with Crippen LogP contribution in [0.3, 0.4) is 0 Å². The van der Waals surface area contributed by atoms with Crippen molar-refractivity contribution in [1.29, 1.82) is 5.26 Å². The van der Waals surface area contributed by atoms with E-state index in [9.17, 15) is 5.11 Å². The Labute approximate surface area is 74.0 Å². The number of hydrogen-bond acceptors (Lipinski definition) is 3. The van der Waals surface area contributed by atoms with E-state index >= 15 is 0 Å². The Bertz CT molecular complexity index is 153. The molecule has 0 fully saturated rings. The molecule has 0 aliphatic rings. The Morgan fingerprint density at radius 1 is 1.58 bits per heavy atom. The van der Waals surface area contributed by atoms with Crippen LogP contribution in [0.4, 0.5) is 0 Å². The molecule has 3 nitrogen and oxygen atoms in total. The Hall–Kier alpha value is -0.590. The van der Waals surface area contributed by atoms with Gasteiger partial charge in [0.25, 0.3) is 0 Å². The summed E-state index contributed by atoms with van der Waals surface area (Å²) in [4.78, 5) is 0. The minimum atomic E-state index is -0.569. The molecule has 0 amide bonds. The first-order valence-electron chi connectivity index (χ1n) is 4.24. The largest absolute Gasteiger partial charge is 0.391 e. The predicted octanol–water partition coefficient (Wildman–Crippen LogP) is 1.18. The summed E-state index contributed by atoms with van der Waals surface area (Å²) in [6.07, 6.45) is 0.117. The van der Waals surface area contributed by atoms with Gasteiger partial charge in [-0.3, -0.25) is 0 Å². The molecule has 0 saturated carbocycles. The van der Waals surface area contributed by atoms with E-state index in [1.807, 2.05) is 13.8 Å². The molecule has 1 N–H and O–H groups in total. The van der Waals surface area contributed by atoms with Gasteiger partial charge in [0, 0.05) is 13.0 Å². The lowest BCUT2D eigenvalue weighted by atomic mass is 9.92. The highest BCUT2D eigenvalue weighted by molar-refractivity contribution is 4.89. The molecule has 0 aromatic heterocycles. The first-order valence-corrected chi connectivity index (χ1v) is 4.24. The first kappa shape index (κ1) is 11.4. The first-order chi connectivity index (χ1) is 5.67. The van der Waals surface area contributed by atoms with Crippen LogP contribution in [0.5, 0.6) is 0 Å². The van der Waals surface area contributed by atoms with Gasteiger partial charge in [0.05, 0.1) is 24.7 Å². The third kappa shape index (κ3) is 3.21. The number of aliphatic hydroxyl groups excluding tert-OH is 1. The molecule has 70 valence electrons. The maximum absolute atomic E-state index is 9.61. The van der Waals surface area contributed by atoms with Crippen LogP contribution in [-0.4, -0.2) is 24.9 Å². The molecule has 0 rings (SSSR count). The van der Waals surface area contributed by atoms with Crippen LogP contribution in [0, 0.1) is 23.2 Å². The summed E-state index contributed by atoms with van der Waals surface area (Å²) < 4.78 is 4.89. The Morgan fingerprint density at radius 3 is 2.50 bits per heavy atom. The number of nitriles is 1. The molecule has 0 bridgehead atoms. The lowest BCUT2D eigenvalue weighted by Crippen LogP contribution is -2.29. The normalized spacial score (nSPS) is 17.9. The maximum atomic E-state index is 9.61. The molecule has 0 aromatic rings. The van der Waals surface area contributed by atoms with Crippen LogP contribution in [0.15, 0.2) is 0 Å². The molecule has 0 heterocycles. The molecule has 3 atom stereocenters. The van der Waals surface area contributed by atoms with Crippen molar-refractivity contribution in [3.63, 3.8) is 0 Å². The fourth-order valence-corrected chi connectivity index (χ4v) is 1.17. The number of hydrogen-bond donors (Lipinski definition) is 1. The van der Waals surface area contributed by atoms with Crippen molar-refractivity contribution in [2.24, 2.45) is 11.8 Å². The number of methoxy groups -OCH3 is 1. The van der Waals surface area contributed by atoms with Gasteiger partial charge in [-0.2, -0.15) is 5.26 Å². The zero-order valence-electron chi connectivity index (χ0n) is 7.95. The van der Waals surface area contributed by atoms with Crippen LogP contribution in [0.2, 0.25) is 0 Å². The highest BCUT2D eigenvalue weighted by Gasteiger charge is 2.22. The predicted molar refractivity (Wildman–Crippen MR) is 46.4 cm³/mol. The quantitative estimate of drug-likeness (QED) is 0.675. The lowest BCUT2D eigenvalue weighted by Gasteiger charge is -2.21. The summed E-state index contributed by atoms with van der Waals surface area (Å²) in [5.41, 5.74) is 0. The van der Waals surface area contributed by atoms with Crippen molar-refractivity contribution in [1.82, 2.24) is 0 Å². The van der Waals surface area contributed by atoms with E-state index in [1.54, 1.807) is 7.11 Å². The topological polar surface area (TPSA) is 53.2 Å². The summed E-state index contributed by atoms with van der Waals surface area (Å²) in [5, 5.41) is 18.3. The summed E-state index contributed by atoms with van der Waals surface area (Å²) in [5.74, 6) is -0.241. The molecule has 3 unspecified atom stereocenters. The third-order valence-corrected chi connectivity index (χ3v) is 2.03. The Morgan fingerprint density at radius 2 is 2.17 bits per heavy atom. The van der Waals surface area contributed by atoms with Crippen molar-refractivity contribution in [2.45, 2.75) is 26.4 Å². The summed E-state index contributed by atoms with van der Waals surface area (Å²) in [6, 6.07) is 2.09. The maximum Gasteiger partial charge on any atom is 0.0745 e. The number of ether oxygens (including phenoxy) is 1. The van der Waals surface area contributed by atoms with E-state index in [1.165, 1.54) is 0 Å². The molecule has 0 aromatic carbocycles. The van der Waals surface area contributed by atoms with Crippen LogP contribution in [-0.2, 0) is 4.74 Å². The summed E-state index contributed by atoms with van der Waals surface area (Å²) in [6.45, 7) is 4.28. The average Bonchev–Trinajstić information content (AvgIpc) is 2.07. The number of aliphatic hydroxyl groups is 1. The molecule has 0 radical (unpaired) electrons. The fourth-order valence-electron chi connectivity index (χ4n) is 1.17. The standard InChI is InChI=1S/C9H17NO2/c1-4-8(5-10)9(11)7(2)6-12-3/h7-9,11H,4,6H2,1-3H3. The zero-order valence-corrected chi connectivity index (χ0v) is 7.95. The highest BCUT2D eigenvalue weighted by atomic mass is 16.5. The van der Waals surface area contributed by atoms with Crippen LogP contribution in [0.1, 0.15) is 20.3 Å².